The Hall–Kier alpha value is -4.21. The summed E-state index contributed by atoms with van der Waals surface area (Å²) in [5.41, 5.74) is 0.964. The molecule has 1 aromatic heterocycles. The predicted octanol–water partition coefficient (Wildman–Crippen LogP) is 5.63. The summed E-state index contributed by atoms with van der Waals surface area (Å²) in [6.45, 7) is 1.96. The first-order valence-corrected chi connectivity index (χ1v) is 10.2. The quantitative estimate of drug-likeness (QED) is 0.306. The number of benzene rings is 2. The lowest BCUT2D eigenvalue weighted by Gasteiger charge is -2.14. The number of carbonyl (C=O) groups is 3. The van der Waals surface area contributed by atoms with Crippen LogP contribution in [0.4, 0.5) is 29.3 Å². The minimum atomic E-state index is -4.71. The molecule has 0 aliphatic heterocycles. The van der Waals surface area contributed by atoms with Crippen molar-refractivity contribution in [1.29, 1.82) is 0 Å². The van der Waals surface area contributed by atoms with Gasteiger partial charge in [0.05, 0.1) is 23.4 Å². The number of alkyl halides is 3. The minimum Gasteiger partial charge on any atom is -0.465 e. The topological polar surface area (TPSA) is 108 Å². The number of carboxylic acid groups (broad SMARTS) is 1. The van der Waals surface area contributed by atoms with Gasteiger partial charge < -0.3 is 10.4 Å². The molecule has 2 amide bonds. The van der Waals surface area contributed by atoms with Gasteiger partial charge in [0.15, 0.2) is 5.78 Å². The molecule has 0 saturated carbocycles. The molecular formula is C24H20F3N3O4. The number of aryl methyl sites for hydroxylation is 1. The normalized spacial score (nSPS) is 11.1. The Balaban J connectivity index is 1.79. The highest BCUT2D eigenvalue weighted by Gasteiger charge is 2.31. The summed E-state index contributed by atoms with van der Waals surface area (Å²) >= 11 is 0. The van der Waals surface area contributed by atoms with Gasteiger partial charge in [-0.05, 0) is 53.9 Å². The number of Topliss-reactive ketones (excluding diaryl/α,β-unsaturated/α-hetero) is 1. The number of rotatable bonds is 7. The third kappa shape index (κ3) is 6.18. The van der Waals surface area contributed by atoms with Crippen molar-refractivity contribution in [2.45, 2.75) is 25.9 Å². The Morgan fingerprint density at radius 1 is 0.941 bits per heavy atom. The Morgan fingerprint density at radius 3 is 2.35 bits per heavy atom. The van der Waals surface area contributed by atoms with E-state index in [0.717, 1.165) is 29.3 Å². The van der Waals surface area contributed by atoms with Crippen LogP contribution in [-0.2, 0) is 17.4 Å². The van der Waals surface area contributed by atoms with Gasteiger partial charge in [-0.2, -0.15) is 13.2 Å². The first kappa shape index (κ1) is 24.4. The maximum atomic E-state index is 13.0. The zero-order chi connectivity index (χ0) is 24.9. The van der Waals surface area contributed by atoms with Gasteiger partial charge in [-0.25, -0.2) is 4.79 Å². The minimum absolute atomic E-state index is 0.246. The lowest BCUT2D eigenvalue weighted by atomic mass is 10.00. The van der Waals surface area contributed by atoms with E-state index in [0.29, 0.717) is 12.1 Å². The van der Waals surface area contributed by atoms with Crippen LogP contribution in [0.25, 0.3) is 11.1 Å². The first-order valence-electron chi connectivity index (χ1n) is 10.2. The second kappa shape index (κ2) is 10.2. The third-order valence-electron chi connectivity index (χ3n) is 4.88. The van der Waals surface area contributed by atoms with E-state index in [-0.39, 0.29) is 11.3 Å². The lowest BCUT2D eigenvalue weighted by Crippen LogP contribution is -2.19. The fourth-order valence-corrected chi connectivity index (χ4v) is 3.21. The second-order valence-electron chi connectivity index (χ2n) is 7.31. The van der Waals surface area contributed by atoms with Gasteiger partial charge in [-0.1, -0.05) is 25.1 Å². The zero-order valence-corrected chi connectivity index (χ0v) is 17.9. The van der Waals surface area contributed by atoms with Crippen molar-refractivity contribution in [3.8, 4) is 11.1 Å². The van der Waals surface area contributed by atoms with Crippen molar-refractivity contribution >= 4 is 29.2 Å². The number of pyridine rings is 1. The van der Waals surface area contributed by atoms with Gasteiger partial charge >= 0.3 is 12.3 Å². The van der Waals surface area contributed by atoms with Gasteiger partial charge in [-0.15, -0.1) is 0 Å². The average Bonchev–Trinajstić information content (AvgIpc) is 2.79. The van der Waals surface area contributed by atoms with E-state index in [1.54, 1.807) is 30.5 Å². The molecule has 0 radical (unpaired) electrons. The summed E-state index contributed by atoms with van der Waals surface area (Å²) in [5.74, 6) is -1.44. The number of aromatic nitrogens is 1. The van der Waals surface area contributed by atoms with Crippen LogP contribution in [0.2, 0.25) is 0 Å². The molecule has 0 atom stereocenters. The van der Waals surface area contributed by atoms with E-state index >= 15 is 0 Å². The van der Waals surface area contributed by atoms with Gasteiger partial charge in [0.1, 0.15) is 0 Å². The Labute approximate surface area is 192 Å². The molecule has 0 aliphatic carbocycles. The summed E-state index contributed by atoms with van der Waals surface area (Å²) in [6.07, 6.45) is -4.48. The summed E-state index contributed by atoms with van der Waals surface area (Å²) in [4.78, 5) is 40.3. The summed E-state index contributed by atoms with van der Waals surface area (Å²) < 4.78 is 39.1. The summed E-state index contributed by atoms with van der Waals surface area (Å²) in [6, 6.07) is 12.5. The highest BCUT2D eigenvalue weighted by atomic mass is 19.4. The van der Waals surface area contributed by atoms with Crippen molar-refractivity contribution in [3.05, 3.63) is 77.6 Å². The predicted molar refractivity (Wildman–Crippen MR) is 120 cm³/mol. The molecule has 3 aromatic rings. The highest BCUT2D eigenvalue weighted by molar-refractivity contribution is 6.12. The van der Waals surface area contributed by atoms with E-state index in [1.165, 1.54) is 6.07 Å². The Kier molecular flexibility index (Phi) is 7.30. The molecule has 0 fully saturated rings. The Morgan fingerprint density at radius 2 is 1.68 bits per heavy atom. The molecule has 0 unspecified atom stereocenters. The molecule has 3 N–H and O–H groups in total. The SMILES string of the molecule is CCc1cc(-c2cccc(C(=O)CC(=O)Nc3cc(C(F)(F)F)ccc3NC(=O)O)c2)ccn1. The molecule has 1 heterocycles. The molecule has 2 aromatic carbocycles. The number of nitrogens with zero attached hydrogens (tertiary/aromatic N) is 1. The monoisotopic (exact) mass is 471 g/mol. The van der Waals surface area contributed by atoms with Crippen LogP contribution in [0.5, 0.6) is 0 Å². The van der Waals surface area contributed by atoms with Gasteiger partial charge in [0, 0.05) is 17.5 Å². The number of carbonyl (C=O) groups excluding carboxylic acids is 2. The summed E-state index contributed by atoms with van der Waals surface area (Å²) in [7, 11) is 0. The number of hydrogen-bond acceptors (Lipinski definition) is 4. The van der Waals surface area contributed by atoms with Crippen LogP contribution >= 0.6 is 0 Å². The Bertz CT molecular complexity index is 1240. The van der Waals surface area contributed by atoms with Gasteiger partial charge in [0.25, 0.3) is 0 Å². The van der Waals surface area contributed by atoms with E-state index in [9.17, 15) is 27.6 Å². The van der Waals surface area contributed by atoms with E-state index in [1.807, 2.05) is 18.3 Å². The standard InChI is InChI=1S/C24H20F3N3O4/c1-2-18-11-15(8-9-28-18)14-4-3-5-16(10-14)21(31)13-22(32)29-20-12-17(24(25,26)27)6-7-19(20)30-23(33)34/h3-12,30H,2,13H2,1H3,(H,29,32)(H,33,34). The van der Waals surface area contributed by atoms with E-state index in [4.69, 9.17) is 5.11 Å². The van der Waals surface area contributed by atoms with Crippen LogP contribution in [0.15, 0.2) is 60.8 Å². The van der Waals surface area contributed by atoms with Crippen molar-refractivity contribution < 1.29 is 32.7 Å². The number of hydrogen-bond donors (Lipinski definition) is 3. The van der Waals surface area contributed by atoms with E-state index < -0.39 is 41.6 Å². The molecular weight excluding hydrogens is 451 g/mol. The number of nitrogens with one attached hydrogen (secondary N) is 2. The largest absolute Gasteiger partial charge is 0.465 e. The number of halogens is 3. The molecule has 34 heavy (non-hydrogen) atoms. The van der Waals surface area contributed by atoms with Crippen LogP contribution in [0.3, 0.4) is 0 Å². The first-order chi connectivity index (χ1) is 16.1. The molecule has 3 rings (SSSR count). The summed E-state index contributed by atoms with van der Waals surface area (Å²) in [5, 5.41) is 13.0. The molecule has 10 heteroatoms. The third-order valence-corrected chi connectivity index (χ3v) is 4.88. The molecule has 0 spiro atoms. The molecule has 0 saturated heterocycles. The molecule has 7 nitrogen and oxygen atoms in total. The fourth-order valence-electron chi connectivity index (χ4n) is 3.21. The van der Waals surface area contributed by atoms with Crippen LogP contribution in [0.1, 0.15) is 35.0 Å². The van der Waals surface area contributed by atoms with Crippen molar-refractivity contribution in [2.75, 3.05) is 10.6 Å². The van der Waals surface area contributed by atoms with Gasteiger partial charge in [0.2, 0.25) is 5.91 Å². The smallest absolute Gasteiger partial charge is 0.416 e. The molecule has 176 valence electrons. The van der Waals surface area contributed by atoms with Gasteiger partial charge in [-0.3, -0.25) is 19.9 Å². The van der Waals surface area contributed by atoms with E-state index in [2.05, 4.69) is 10.3 Å². The van der Waals surface area contributed by atoms with Crippen molar-refractivity contribution in [3.63, 3.8) is 0 Å². The number of amides is 2. The van der Waals surface area contributed by atoms with Crippen LogP contribution in [-0.4, -0.2) is 27.9 Å². The van der Waals surface area contributed by atoms with Crippen LogP contribution in [0, 0.1) is 0 Å². The highest BCUT2D eigenvalue weighted by Crippen LogP contribution is 2.34. The average molecular weight is 471 g/mol. The van der Waals surface area contributed by atoms with Crippen LogP contribution < -0.4 is 10.6 Å². The molecule has 0 bridgehead atoms. The van der Waals surface area contributed by atoms with Crippen molar-refractivity contribution in [1.82, 2.24) is 4.98 Å². The second-order valence-corrected chi connectivity index (χ2v) is 7.31. The number of ketones is 1. The fraction of sp³-hybridized carbons (Fsp3) is 0.167. The van der Waals surface area contributed by atoms with Crippen molar-refractivity contribution in [2.24, 2.45) is 0 Å². The maximum Gasteiger partial charge on any atom is 0.416 e. The lowest BCUT2D eigenvalue weighted by molar-refractivity contribution is -0.137. The number of anilines is 2. The molecule has 0 aliphatic rings. The zero-order valence-electron chi connectivity index (χ0n) is 17.9. The maximum absolute atomic E-state index is 13.0.